The van der Waals surface area contributed by atoms with E-state index in [-0.39, 0.29) is 0 Å². The molecule has 0 spiro atoms. The van der Waals surface area contributed by atoms with Gasteiger partial charge >= 0.3 is 0 Å². The van der Waals surface area contributed by atoms with E-state index in [0.29, 0.717) is 6.10 Å². The molecular weight excluding hydrogens is 239 g/mol. The Morgan fingerprint density at radius 2 is 2.10 bits per heavy atom. The third-order valence-electron chi connectivity index (χ3n) is 2.57. The number of hydrogen-bond donors (Lipinski definition) is 0. The first-order valence-electron chi connectivity index (χ1n) is 4.07. The first-order chi connectivity index (χ1) is 4.90. The first-order valence-corrected chi connectivity index (χ1v) is 5.60. The molecule has 2 fully saturated rings. The van der Waals surface area contributed by atoms with Crippen molar-refractivity contribution in [2.75, 3.05) is 11.0 Å². The molecule has 1 saturated carbocycles. The molecule has 1 aliphatic heterocycles. The first kappa shape index (κ1) is 7.35. The van der Waals surface area contributed by atoms with Crippen molar-refractivity contribution in [3.8, 4) is 0 Å². The predicted octanol–water partition coefficient (Wildman–Crippen LogP) is 2.24. The third-order valence-corrected chi connectivity index (χ3v) is 3.55. The van der Waals surface area contributed by atoms with Crippen LogP contribution in [0.25, 0.3) is 0 Å². The molecule has 0 aromatic carbocycles. The van der Waals surface area contributed by atoms with Gasteiger partial charge < -0.3 is 4.74 Å². The van der Waals surface area contributed by atoms with Crippen LogP contribution in [0.1, 0.15) is 19.3 Å². The van der Waals surface area contributed by atoms with Crippen LogP contribution in [0.15, 0.2) is 0 Å². The molecule has 0 bridgehead atoms. The van der Waals surface area contributed by atoms with E-state index in [1.165, 1.54) is 23.7 Å². The van der Waals surface area contributed by atoms with Crippen molar-refractivity contribution >= 4 is 22.6 Å². The second-order valence-electron chi connectivity index (χ2n) is 3.44. The summed E-state index contributed by atoms with van der Waals surface area (Å²) in [6.45, 7) is 1.05. The fourth-order valence-electron chi connectivity index (χ4n) is 1.74. The molecule has 0 N–H and O–H groups in total. The lowest BCUT2D eigenvalue weighted by molar-refractivity contribution is 0.123. The molecule has 0 amide bonds. The van der Waals surface area contributed by atoms with E-state index in [2.05, 4.69) is 22.6 Å². The van der Waals surface area contributed by atoms with Crippen LogP contribution in [-0.4, -0.2) is 17.1 Å². The van der Waals surface area contributed by atoms with Gasteiger partial charge in [0.2, 0.25) is 0 Å². The summed E-state index contributed by atoms with van der Waals surface area (Å²) in [4.78, 5) is 0. The van der Waals surface area contributed by atoms with E-state index in [1.54, 1.807) is 0 Å². The topological polar surface area (TPSA) is 9.23 Å². The van der Waals surface area contributed by atoms with Crippen molar-refractivity contribution in [2.45, 2.75) is 25.4 Å². The lowest BCUT2D eigenvalue weighted by Gasteiger charge is -2.03. The summed E-state index contributed by atoms with van der Waals surface area (Å²) >= 11 is 2.42. The average Bonchev–Trinajstić information content (AvgIpc) is 2.70. The van der Waals surface area contributed by atoms with Crippen molar-refractivity contribution in [3.63, 3.8) is 0 Å². The maximum Gasteiger partial charge on any atom is 0.0668 e. The van der Waals surface area contributed by atoms with E-state index in [1.807, 2.05) is 0 Å². The summed E-state index contributed by atoms with van der Waals surface area (Å²) in [5.74, 6) is 1.98. The zero-order valence-corrected chi connectivity index (χ0v) is 8.21. The van der Waals surface area contributed by atoms with E-state index in [0.717, 1.165) is 18.4 Å². The summed E-state index contributed by atoms with van der Waals surface area (Å²) in [6, 6.07) is 0. The minimum atomic E-state index is 0.589. The van der Waals surface area contributed by atoms with Crippen molar-refractivity contribution in [1.29, 1.82) is 0 Å². The molecular formula is C8H13IO. The number of hydrogen-bond acceptors (Lipinski definition) is 1. The van der Waals surface area contributed by atoms with Gasteiger partial charge in [0.05, 0.1) is 12.7 Å². The minimum Gasteiger partial charge on any atom is -0.377 e. The zero-order valence-electron chi connectivity index (χ0n) is 6.05. The SMILES string of the molecule is ICC1CC(C2CC2)CO1. The van der Waals surface area contributed by atoms with Gasteiger partial charge in [0.15, 0.2) is 0 Å². The number of alkyl halides is 1. The normalized spacial score (nSPS) is 40.5. The molecule has 1 heterocycles. The highest BCUT2D eigenvalue weighted by Crippen LogP contribution is 2.42. The highest BCUT2D eigenvalue weighted by Gasteiger charge is 2.36. The quantitative estimate of drug-likeness (QED) is 0.541. The van der Waals surface area contributed by atoms with E-state index >= 15 is 0 Å². The van der Waals surface area contributed by atoms with Crippen LogP contribution in [0.5, 0.6) is 0 Å². The second kappa shape index (κ2) is 2.97. The van der Waals surface area contributed by atoms with Gasteiger partial charge in [-0.25, -0.2) is 0 Å². The fourth-order valence-corrected chi connectivity index (χ4v) is 2.35. The molecule has 2 rings (SSSR count). The van der Waals surface area contributed by atoms with Crippen molar-refractivity contribution < 1.29 is 4.74 Å². The molecule has 2 unspecified atom stereocenters. The Bertz CT molecular complexity index is 122. The lowest BCUT2D eigenvalue weighted by atomic mass is 10.0. The van der Waals surface area contributed by atoms with Crippen LogP contribution >= 0.6 is 22.6 Å². The number of rotatable bonds is 2. The van der Waals surface area contributed by atoms with Crippen LogP contribution < -0.4 is 0 Å². The summed E-state index contributed by atoms with van der Waals surface area (Å²) in [5.41, 5.74) is 0. The van der Waals surface area contributed by atoms with Crippen LogP contribution in [0.2, 0.25) is 0 Å². The Kier molecular flexibility index (Phi) is 2.18. The number of ether oxygens (including phenoxy) is 1. The van der Waals surface area contributed by atoms with Crippen LogP contribution in [-0.2, 0) is 4.74 Å². The molecule has 0 aromatic heterocycles. The van der Waals surface area contributed by atoms with E-state index in [4.69, 9.17) is 4.74 Å². The molecule has 2 heteroatoms. The Hall–Kier alpha value is 0.690. The van der Waals surface area contributed by atoms with Gasteiger partial charge in [-0.15, -0.1) is 0 Å². The molecule has 1 saturated heterocycles. The zero-order chi connectivity index (χ0) is 6.97. The van der Waals surface area contributed by atoms with Gasteiger partial charge in [0.1, 0.15) is 0 Å². The fraction of sp³-hybridized carbons (Fsp3) is 1.00. The molecule has 58 valence electrons. The molecule has 0 radical (unpaired) electrons. The highest BCUT2D eigenvalue weighted by atomic mass is 127. The Labute approximate surface area is 75.7 Å². The maximum atomic E-state index is 5.61. The van der Waals surface area contributed by atoms with Gasteiger partial charge in [0, 0.05) is 4.43 Å². The Morgan fingerprint density at radius 1 is 1.30 bits per heavy atom. The molecule has 1 nitrogen and oxygen atoms in total. The summed E-state index contributed by atoms with van der Waals surface area (Å²) in [6.07, 6.45) is 4.88. The monoisotopic (exact) mass is 252 g/mol. The maximum absolute atomic E-state index is 5.61. The molecule has 2 aliphatic rings. The Balaban J connectivity index is 1.81. The van der Waals surface area contributed by atoms with Gasteiger partial charge in [-0.3, -0.25) is 0 Å². The molecule has 1 aliphatic carbocycles. The van der Waals surface area contributed by atoms with Gasteiger partial charge in [-0.2, -0.15) is 0 Å². The van der Waals surface area contributed by atoms with Gasteiger partial charge in [-0.1, -0.05) is 22.6 Å². The second-order valence-corrected chi connectivity index (χ2v) is 4.32. The average molecular weight is 252 g/mol. The highest BCUT2D eigenvalue weighted by molar-refractivity contribution is 14.1. The molecule has 10 heavy (non-hydrogen) atoms. The van der Waals surface area contributed by atoms with Crippen LogP contribution in [0, 0.1) is 11.8 Å². The van der Waals surface area contributed by atoms with Crippen molar-refractivity contribution in [2.24, 2.45) is 11.8 Å². The van der Waals surface area contributed by atoms with Crippen LogP contribution in [0.4, 0.5) is 0 Å². The largest absolute Gasteiger partial charge is 0.377 e. The smallest absolute Gasteiger partial charge is 0.0668 e. The summed E-state index contributed by atoms with van der Waals surface area (Å²) in [5, 5.41) is 0. The van der Waals surface area contributed by atoms with E-state index < -0.39 is 0 Å². The van der Waals surface area contributed by atoms with Gasteiger partial charge in [0.25, 0.3) is 0 Å². The number of halogens is 1. The van der Waals surface area contributed by atoms with Crippen molar-refractivity contribution in [3.05, 3.63) is 0 Å². The Morgan fingerprint density at radius 3 is 2.60 bits per heavy atom. The summed E-state index contributed by atoms with van der Waals surface area (Å²) < 4.78 is 6.79. The lowest BCUT2D eigenvalue weighted by Crippen LogP contribution is -2.05. The minimum absolute atomic E-state index is 0.589. The van der Waals surface area contributed by atoms with Crippen LogP contribution in [0.3, 0.4) is 0 Å². The standard InChI is InChI=1S/C8H13IO/c9-4-8-3-7(5-10-8)6-1-2-6/h6-8H,1-5H2. The molecule has 2 atom stereocenters. The summed E-state index contributed by atoms with van der Waals surface area (Å²) in [7, 11) is 0. The predicted molar refractivity (Wildman–Crippen MR) is 49.5 cm³/mol. The van der Waals surface area contributed by atoms with E-state index in [9.17, 15) is 0 Å². The van der Waals surface area contributed by atoms with Gasteiger partial charge in [-0.05, 0) is 31.1 Å². The van der Waals surface area contributed by atoms with Crippen molar-refractivity contribution in [1.82, 2.24) is 0 Å². The third kappa shape index (κ3) is 1.47. The molecule has 0 aromatic rings.